The number of H-pyrrole nitrogens is 1. The number of hydrogen-bond donors (Lipinski definition) is 3. The standard InChI is InChI=1S/C8H12N4O/c13-8(11-6-2-1-3-6)12-7-4-9-10-5-7/h4-6H,1-3H2,(H,9,10)(H2,11,12,13). The highest BCUT2D eigenvalue weighted by Crippen LogP contribution is 2.17. The quantitative estimate of drug-likeness (QED) is 0.637. The topological polar surface area (TPSA) is 69.8 Å². The number of carbonyl (C=O) groups is 1. The van der Waals surface area contributed by atoms with Gasteiger partial charge in [0, 0.05) is 12.2 Å². The number of amides is 2. The van der Waals surface area contributed by atoms with Crippen LogP contribution in [0.2, 0.25) is 0 Å². The van der Waals surface area contributed by atoms with E-state index in [9.17, 15) is 4.79 Å². The Kier molecular flexibility index (Phi) is 2.16. The average molecular weight is 180 g/mol. The van der Waals surface area contributed by atoms with Crippen LogP contribution in [-0.4, -0.2) is 22.3 Å². The highest BCUT2D eigenvalue weighted by atomic mass is 16.2. The fourth-order valence-corrected chi connectivity index (χ4v) is 1.22. The molecule has 5 heteroatoms. The van der Waals surface area contributed by atoms with Gasteiger partial charge in [-0.3, -0.25) is 5.10 Å². The van der Waals surface area contributed by atoms with Crippen LogP contribution in [-0.2, 0) is 0 Å². The van der Waals surface area contributed by atoms with E-state index in [0.29, 0.717) is 11.7 Å². The lowest BCUT2D eigenvalue weighted by atomic mass is 9.93. The molecule has 1 aromatic rings. The summed E-state index contributed by atoms with van der Waals surface area (Å²) >= 11 is 0. The number of carbonyl (C=O) groups excluding carboxylic acids is 1. The van der Waals surface area contributed by atoms with E-state index in [1.54, 1.807) is 12.4 Å². The maximum Gasteiger partial charge on any atom is 0.319 e. The molecule has 0 radical (unpaired) electrons. The summed E-state index contributed by atoms with van der Waals surface area (Å²) in [5.41, 5.74) is 0.692. The van der Waals surface area contributed by atoms with Gasteiger partial charge in [0.1, 0.15) is 0 Å². The monoisotopic (exact) mass is 180 g/mol. The molecule has 1 saturated carbocycles. The molecule has 1 heterocycles. The molecular weight excluding hydrogens is 168 g/mol. The second-order valence-electron chi connectivity index (χ2n) is 3.21. The Balaban J connectivity index is 1.78. The minimum Gasteiger partial charge on any atom is -0.335 e. The molecule has 1 aromatic heterocycles. The molecule has 0 aliphatic heterocycles. The van der Waals surface area contributed by atoms with Crippen molar-refractivity contribution in [3.63, 3.8) is 0 Å². The van der Waals surface area contributed by atoms with Gasteiger partial charge in [-0.2, -0.15) is 5.10 Å². The lowest BCUT2D eigenvalue weighted by Crippen LogP contribution is -2.41. The average Bonchev–Trinajstić information content (AvgIpc) is 2.49. The van der Waals surface area contributed by atoms with Gasteiger partial charge in [-0.25, -0.2) is 4.79 Å². The highest BCUT2D eigenvalue weighted by molar-refractivity contribution is 5.89. The second-order valence-corrected chi connectivity index (χ2v) is 3.21. The molecule has 1 fully saturated rings. The summed E-state index contributed by atoms with van der Waals surface area (Å²) in [5.74, 6) is 0. The Hall–Kier alpha value is -1.52. The fraction of sp³-hybridized carbons (Fsp3) is 0.500. The van der Waals surface area contributed by atoms with E-state index in [0.717, 1.165) is 12.8 Å². The van der Waals surface area contributed by atoms with Crippen molar-refractivity contribution in [3.05, 3.63) is 12.4 Å². The van der Waals surface area contributed by atoms with Crippen LogP contribution in [0.3, 0.4) is 0 Å². The third-order valence-electron chi connectivity index (χ3n) is 2.20. The summed E-state index contributed by atoms with van der Waals surface area (Å²) in [4.78, 5) is 11.2. The number of nitrogens with one attached hydrogen (secondary N) is 3. The van der Waals surface area contributed by atoms with E-state index in [1.165, 1.54) is 6.42 Å². The van der Waals surface area contributed by atoms with Gasteiger partial charge in [0.05, 0.1) is 11.9 Å². The van der Waals surface area contributed by atoms with Crippen LogP contribution in [0.15, 0.2) is 12.4 Å². The number of aromatic nitrogens is 2. The zero-order chi connectivity index (χ0) is 9.10. The molecule has 0 bridgehead atoms. The van der Waals surface area contributed by atoms with Gasteiger partial charge in [-0.15, -0.1) is 0 Å². The summed E-state index contributed by atoms with van der Waals surface area (Å²) in [6.45, 7) is 0. The molecule has 1 aliphatic rings. The van der Waals surface area contributed by atoms with Crippen molar-refractivity contribution in [2.24, 2.45) is 0 Å². The minimum atomic E-state index is -0.147. The summed E-state index contributed by atoms with van der Waals surface area (Å²) in [5, 5.41) is 11.9. The van der Waals surface area contributed by atoms with Gasteiger partial charge in [0.15, 0.2) is 0 Å². The predicted octanol–water partition coefficient (Wildman–Crippen LogP) is 1.08. The van der Waals surface area contributed by atoms with Crippen LogP contribution in [0, 0.1) is 0 Å². The first-order valence-electron chi connectivity index (χ1n) is 4.41. The van der Waals surface area contributed by atoms with Crippen molar-refractivity contribution in [1.82, 2.24) is 15.5 Å². The third kappa shape index (κ3) is 1.99. The van der Waals surface area contributed by atoms with E-state index in [4.69, 9.17) is 0 Å². The van der Waals surface area contributed by atoms with Crippen molar-refractivity contribution in [3.8, 4) is 0 Å². The molecule has 0 aromatic carbocycles. The van der Waals surface area contributed by atoms with Gasteiger partial charge >= 0.3 is 6.03 Å². The molecule has 0 unspecified atom stereocenters. The molecule has 0 saturated heterocycles. The van der Waals surface area contributed by atoms with Crippen molar-refractivity contribution < 1.29 is 4.79 Å². The van der Waals surface area contributed by atoms with Crippen LogP contribution < -0.4 is 10.6 Å². The van der Waals surface area contributed by atoms with Crippen LogP contribution in [0.1, 0.15) is 19.3 Å². The summed E-state index contributed by atoms with van der Waals surface area (Å²) < 4.78 is 0. The largest absolute Gasteiger partial charge is 0.335 e. The molecular formula is C8H12N4O. The number of hydrogen-bond acceptors (Lipinski definition) is 2. The van der Waals surface area contributed by atoms with Crippen LogP contribution in [0.25, 0.3) is 0 Å². The smallest absolute Gasteiger partial charge is 0.319 e. The molecule has 2 rings (SSSR count). The number of anilines is 1. The van der Waals surface area contributed by atoms with Gasteiger partial charge in [0.2, 0.25) is 0 Å². The minimum absolute atomic E-state index is 0.147. The SMILES string of the molecule is O=C(Nc1cn[nH]c1)NC1CCC1. The Morgan fingerprint density at radius 3 is 3.00 bits per heavy atom. The number of nitrogens with zero attached hydrogens (tertiary/aromatic N) is 1. The lowest BCUT2D eigenvalue weighted by Gasteiger charge is -2.26. The van der Waals surface area contributed by atoms with E-state index in [2.05, 4.69) is 20.8 Å². The molecule has 5 nitrogen and oxygen atoms in total. The Morgan fingerprint density at radius 1 is 1.62 bits per heavy atom. The molecule has 2 amide bonds. The van der Waals surface area contributed by atoms with Crippen molar-refractivity contribution >= 4 is 11.7 Å². The summed E-state index contributed by atoms with van der Waals surface area (Å²) in [7, 11) is 0. The van der Waals surface area contributed by atoms with Gasteiger partial charge in [-0.1, -0.05) is 0 Å². The molecule has 70 valence electrons. The Labute approximate surface area is 75.9 Å². The zero-order valence-corrected chi connectivity index (χ0v) is 7.21. The number of urea groups is 1. The molecule has 1 aliphatic carbocycles. The van der Waals surface area contributed by atoms with E-state index in [-0.39, 0.29) is 6.03 Å². The summed E-state index contributed by atoms with van der Waals surface area (Å²) in [6, 6.07) is 0.220. The lowest BCUT2D eigenvalue weighted by molar-refractivity contribution is 0.240. The van der Waals surface area contributed by atoms with E-state index in [1.807, 2.05) is 0 Å². The first-order valence-corrected chi connectivity index (χ1v) is 4.41. The maximum absolute atomic E-state index is 11.2. The number of aromatic amines is 1. The highest BCUT2D eigenvalue weighted by Gasteiger charge is 2.19. The molecule has 0 spiro atoms. The van der Waals surface area contributed by atoms with Crippen molar-refractivity contribution in [2.75, 3.05) is 5.32 Å². The number of rotatable bonds is 2. The summed E-state index contributed by atoms with van der Waals surface area (Å²) in [6.07, 6.45) is 6.62. The maximum atomic E-state index is 11.2. The van der Waals surface area contributed by atoms with Crippen LogP contribution >= 0.6 is 0 Å². The Bertz CT molecular complexity index is 278. The van der Waals surface area contributed by atoms with Crippen molar-refractivity contribution in [1.29, 1.82) is 0 Å². The van der Waals surface area contributed by atoms with Gasteiger partial charge in [-0.05, 0) is 19.3 Å². The molecule has 0 atom stereocenters. The Morgan fingerprint density at radius 2 is 2.46 bits per heavy atom. The zero-order valence-electron chi connectivity index (χ0n) is 7.21. The fourth-order valence-electron chi connectivity index (χ4n) is 1.22. The third-order valence-corrected chi connectivity index (χ3v) is 2.20. The van der Waals surface area contributed by atoms with Crippen LogP contribution in [0.4, 0.5) is 10.5 Å². The van der Waals surface area contributed by atoms with Gasteiger partial charge in [0.25, 0.3) is 0 Å². The second kappa shape index (κ2) is 3.47. The normalized spacial score (nSPS) is 16.3. The first-order chi connectivity index (χ1) is 6.34. The van der Waals surface area contributed by atoms with Crippen LogP contribution in [0.5, 0.6) is 0 Å². The molecule has 13 heavy (non-hydrogen) atoms. The predicted molar refractivity (Wildman–Crippen MR) is 48.4 cm³/mol. The van der Waals surface area contributed by atoms with E-state index < -0.39 is 0 Å². The van der Waals surface area contributed by atoms with Crippen molar-refractivity contribution in [2.45, 2.75) is 25.3 Å². The van der Waals surface area contributed by atoms with Gasteiger partial charge < -0.3 is 10.6 Å². The molecule has 3 N–H and O–H groups in total. The first kappa shape index (κ1) is 8.10. The van der Waals surface area contributed by atoms with E-state index >= 15 is 0 Å².